The van der Waals surface area contributed by atoms with E-state index in [0.717, 1.165) is 5.69 Å². The van der Waals surface area contributed by atoms with Crippen LogP contribution in [0.5, 0.6) is 0 Å². The van der Waals surface area contributed by atoms with Gasteiger partial charge in [0.15, 0.2) is 11.4 Å². The van der Waals surface area contributed by atoms with Crippen molar-refractivity contribution in [2.45, 2.75) is 20.3 Å². The van der Waals surface area contributed by atoms with Gasteiger partial charge in [-0.2, -0.15) is 0 Å². The molecule has 3 heterocycles. The van der Waals surface area contributed by atoms with Gasteiger partial charge >= 0.3 is 5.97 Å². The monoisotopic (exact) mass is 285 g/mol. The number of nitrogens with zero attached hydrogens (tertiary/aromatic N) is 3. The van der Waals surface area contributed by atoms with Gasteiger partial charge < -0.3 is 13.6 Å². The highest BCUT2D eigenvalue weighted by atomic mass is 16.5. The number of furan rings is 1. The van der Waals surface area contributed by atoms with Crippen molar-refractivity contribution in [3.63, 3.8) is 0 Å². The molecular formula is C15H15N3O3. The molecule has 0 aromatic carbocycles. The Morgan fingerprint density at radius 3 is 2.95 bits per heavy atom. The Labute approximate surface area is 121 Å². The van der Waals surface area contributed by atoms with Crippen LogP contribution < -0.4 is 0 Å². The van der Waals surface area contributed by atoms with Gasteiger partial charge in [0, 0.05) is 12.4 Å². The lowest BCUT2D eigenvalue weighted by molar-refractivity contribution is -0.142. The fourth-order valence-corrected chi connectivity index (χ4v) is 2.20. The lowest BCUT2D eigenvalue weighted by Crippen LogP contribution is -2.10. The van der Waals surface area contributed by atoms with E-state index in [4.69, 9.17) is 9.15 Å². The van der Waals surface area contributed by atoms with Crippen molar-refractivity contribution >= 4 is 11.6 Å². The van der Waals surface area contributed by atoms with E-state index in [1.165, 1.54) is 0 Å². The molecule has 108 valence electrons. The first-order chi connectivity index (χ1) is 10.2. The summed E-state index contributed by atoms with van der Waals surface area (Å²) in [5.41, 5.74) is 2.81. The van der Waals surface area contributed by atoms with Crippen LogP contribution in [0.15, 0.2) is 35.2 Å². The van der Waals surface area contributed by atoms with Gasteiger partial charge in [0.25, 0.3) is 0 Å². The zero-order valence-corrected chi connectivity index (χ0v) is 11.9. The first-order valence-electron chi connectivity index (χ1n) is 6.72. The molecule has 0 saturated carbocycles. The number of fused-ring (bicyclic) bond motifs is 1. The molecule has 3 aromatic heterocycles. The van der Waals surface area contributed by atoms with Gasteiger partial charge in [-0.1, -0.05) is 0 Å². The molecule has 0 N–H and O–H groups in total. The Morgan fingerprint density at radius 2 is 2.24 bits per heavy atom. The van der Waals surface area contributed by atoms with Crippen molar-refractivity contribution in [1.29, 1.82) is 0 Å². The number of aryl methyl sites for hydroxylation is 1. The maximum atomic E-state index is 11.6. The third kappa shape index (κ3) is 2.65. The van der Waals surface area contributed by atoms with E-state index >= 15 is 0 Å². The summed E-state index contributed by atoms with van der Waals surface area (Å²) in [5, 5.41) is 0. The van der Waals surface area contributed by atoms with Crippen LogP contribution in [0, 0.1) is 6.92 Å². The predicted octanol–water partition coefficient (Wildman–Crippen LogP) is 2.40. The van der Waals surface area contributed by atoms with Crippen LogP contribution in [0.4, 0.5) is 0 Å². The quantitative estimate of drug-likeness (QED) is 0.688. The molecule has 6 heteroatoms. The van der Waals surface area contributed by atoms with Crippen LogP contribution in [-0.2, 0) is 16.0 Å². The van der Waals surface area contributed by atoms with E-state index in [-0.39, 0.29) is 12.4 Å². The third-order valence-electron chi connectivity index (χ3n) is 2.99. The highest BCUT2D eigenvalue weighted by molar-refractivity contribution is 5.74. The molecule has 0 bridgehead atoms. The van der Waals surface area contributed by atoms with Crippen molar-refractivity contribution in [3.05, 3.63) is 42.2 Å². The average Bonchev–Trinajstić information content (AvgIpc) is 3.06. The molecule has 0 unspecified atom stereocenters. The summed E-state index contributed by atoms with van der Waals surface area (Å²) in [6, 6.07) is 3.61. The highest BCUT2D eigenvalue weighted by Crippen LogP contribution is 2.23. The van der Waals surface area contributed by atoms with Crippen molar-refractivity contribution < 1.29 is 13.9 Å². The molecule has 0 aliphatic carbocycles. The van der Waals surface area contributed by atoms with Gasteiger partial charge in [-0.25, -0.2) is 9.97 Å². The van der Waals surface area contributed by atoms with E-state index in [1.807, 2.05) is 23.6 Å². The molecule has 6 nitrogen and oxygen atoms in total. The second kappa shape index (κ2) is 5.40. The zero-order valence-electron chi connectivity index (χ0n) is 11.9. The molecule has 0 aliphatic heterocycles. The maximum Gasteiger partial charge on any atom is 0.311 e. The van der Waals surface area contributed by atoms with Gasteiger partial charge in [0.1, 0.15) is 5.69 Å². The summed E-state index contributed by atoms with van der Waals surface area (Å²) < 4.78 is 12.2. The summed E-state index contributed by atoms with van der Waals surface area (Å²) >= 11 is 0. The van der Waals surface area contributed by atoms with Crippen LogP contribution in [-0.4, -0.2) is 26.9 Å². The first-order valence-corrected chi connectivity index (χ1v) is 6.72. The minimum absolute atomic E-state index is 0.120. The molecule has 0 aliphatic rings. The Kier molecular flexibility index (Phi) is 3.43. The SMILES string of the molecule is CCOC(=O)Cc1cn2cc(C)nc2c(-c2ccco2)n1. The molecule has 0 spiro atoms. The predicted molar refractivity (Wildman–Crippen MR) is 75.8 cm³/mol. The molecule has 0 atom stereocenters. The molecule has 3 rings (SSSR count). The zero-order chi connectivity index (χ0) is 14.8. The second-order valence-corrected chi connectivity index (χ2v) is 4.65. The van der Waals surface area contributed by atoms with Crippen LogP contribution >= 0.6 is 0 Å². The minimum atomic E-state index is -0.299. The Bertz CT molecular complexity index is 775. The number of aromatic nitrogens is 3. The van der Waals surface area contributed by atoms with Crippen LogP contribution in [0.2, 0.25) is 0 Å². The first kappa shape index (κ1) is 13.4. The Hall–Kier alpha value is -2.63. The van der Waals surface area contributed by atoms with Crippen LogP contribution in [0.25, 0.3) is 17.1 Å². The van der Waals surface area contributed by atoms with Gasteiger partial charge in [-0.15, -0.1) is 0 Å². The van der Waals surface area contributed by atoms with Crippen molar-refractivity contribution in [3.8, 4) is 11.5 Å². The largest absolute Gasteiger partial charge is 0.466 e. The summed E-state index contributed by atoms with van der Waals surface area (Å²) in [7, 11) is 0. The molecular weight excluding hydrogens is 270 g/mol. The number of esters is 1. The summed E-state index contributed by atoms with van der Waals surface area (Å²) in [6.07, 6.45) is 5.38. The number of carbonyl (C=O) groups is 1. The summed E-state index contributed by atoms with van der Waals surface area (Å²) in [6.45, 7) is 4.04. The van der Waals surface area contributed by atoms with Crippen LogP contribution in [0.1, 0.15) is 18.3 Å². The van der Waals surface area contributed by atoms with Crippen molar-refractivity contribution in [1.82, 2.24) is 14.4 Å². The fraction of sp³-hybridized carbons (Fsp3) is 0.267. The number of ether oxygens (including phenoxy) is 1. The van der Waals surface area contributed by atoms with E-state index in [0.29, 0.717) is 29.4 Å². The summed E-state index contributed by atoms with van der Waals surface area (Å²) in [5.74, 6) is 0.322. The lowest BCUT2D eigenvalue weighted by Gasteiger charge is -2.05. The lowest BCUT2D eigenvalue weighted by atomic mass is 10.2. The Morgan fingerprint density at radius 1 is 1.38 bits per heavy atom. The van der Waals surface area contributed by atoms with E-state index in [1.54, 1.807) is 25.5 Å². The highest BCUT2D eigenvalue weighted by Gasteiger charge is 2.15. The van der Waals surface area contributed by atoms with Gasteiger partial charge in [0.2, 0.25) is 0 Å². The molecule has 0 fully saturated rings. The van der Waals surface area contributed by atoms with Crippen molar-refractivity contribution in [2.24, 2.45) is 0 Å². The van der Waals surface area contributed by atoms with Crippen molar-refractivity contribution in [2.75, 3.05) is 6.61 Å². The topological polar surface area (TPSA) is 69.6 Å². The van der Waals surface area contributed by atoms with Crippen LogP contribution in [0.3, 0.4) is 0 Å². The van der Waals surface area contributed by atoms with Gasteiger partial charge in [0.05, 0.1) is 30.7 Å². The third-order valence-corrected chi connectivity index (χ3v) is 2.99. The number of hydrogen-bond acceptors (Lipinski definition) is 5. The standard InChI is InChI=1S/C15H15N3O3/c1-3-20-13(19)7-11-9-18-8-10(2)16-15(18)14(17-11)12-5-4-6-21-12/h4-6,8-9H,3,7H2,1-2H3. The smallest absolute Gasteiger partial charge is 0.311 e. The second-order valence-electron chi connectivity index (χ2n) is 4.65. The number of carbonyl (C=O) groups excluding carboxylic acids is 1. The molecule has 0 amide bonds. The molecule has 0 saturated heterocycles. The molecule has 0 radical (unpaired) electrons. The molecule has 3 aromatic rings. The summed E-state index contributed by atoms with van der Waals surface area (Å²) in [4.78, 5) is 20.6. The van der Waals surface area contributed by atoms with E-state index in [9.17, 15) is 4.79 Å². The number of hydrogen-bond donors (Lipinski definition) is 0. The maximum absolute atomic E-state index is 11.6. The fourth-order valence-electron chi connectivity index (χ4n) is 2.20. The number of rotatable bonds is 4. The number of imidazole rings is 1. The normalized spacial score (nSPS) is 11.0. The average molecular weight is 285 g/mol. The van der Waals surface area contributed by atoms with E-state index < -0.39 is 0 Å². The minimum Gasteiger partial charge on any atom is -0.466 e. The van der Waals surface area contributed by atoms with Gasteiger partial charge in [-0.3, -0.25) is 4.79 Å². The Balaban J connectivity index is 2.09. The molecule has 21 heavy (non-hydrogen) atoms. The van der Waals surface area contributed by atoms with E-state index in [2.05, 4.69) is 9.97 Å². The van der Waals surface area contributed by atoms with Gasteiger partial charge in [-0.05, 0) is 26.0 Å².